The third-order valence-electron chi connectivity index (χ3n) is 2.43. The number of hydrogen-bond donors (Lipinski definition) is 2. The number of carboxylic acids is 2. The van der Waals surface area contributed by atoms with Gasteiger partial charge in [0.15, 0.2) is 0 Å². The second kappa shape index (κ2) is 14.4. The zero-order valence-electron chi connectivity index (χ0n) is 13.9. The van der Waals surface area contributed by atoms with Gasteiger partial charge < -0.3 is 14.9 Å². The Morgan fingerprint density at radius 3 is 1.32 bits per heavy atom. The molecule has 7 nitrogen and oxygen atoms in total. The number of aliphatic carboxylic acids is 2. The predicted octanol–water partition coefficient (Wildman–Crippen LogP) is 2.81. The van der Waals surface area contributed by atoms with Gasteiger partial charge in [0.05, 0.1) is 0 Å². The lowest BCUT2D eigenvalue weighted by atomic mass is 10.1. The van der Waals surface area contributed by atoms with E-state index < -0.39 is 23.9 Å². The molecule has 0 amide bonds. The highest BCUT2D eigenvalue weighted by molar-refractivity contribution is 6.01. The summed E-state index contributed by atoms with van der Waals surface area (Å²) in [6.45, 7) is 14.2. The molecule has 0 saturated heterocycles. The van der Waals surface area contributed by atoms with E-state index in [1.54, 1.807) is 12.2 Å². The highest BCUT2D eigenvalue weighted by atomic mass is 16.6. The first-order valence-electron chi connectivity index (χ1n) is 7.13. The van der Waals surface area contributed by atoms with Crippen molar-refractivity contribution >= 4 is 23.9 Å². The fraction of sp³-hybridized carbons (Fsp3) is 0.222. The van der Waals surface area contributed by atoms with Gasteiger partial charge in [-0.05, 0) is 25.7 Å². The van der Waals surface area contributed by atoms with E-state index >= 15 is 0 Å². The Bertz CT molecular complexity index is 532. The second-order valence-corrected chi connectivity index (χ2v) is 4.55. The van der Waals surface area contributed by atoms with Crippen molar-refractivity contribution in [3.63, 3.8) is 0 Å². The Hall–Kier alpha value is -3.22. The molecule has 7 heteroatoms. The molecular weight excluding hydrogens is 328 g/mol. The minimum Gasteiger partial charge on any atom is -0.478 e. The van der Waals surface area contributed by atoms with Crippen molar-refractivity contribution < 1.29 is 34.1 Å². The predicted molar refractivity (Wildman–Crippen MR) is 92.7 cm³/mol. The summed E-state index contributed by atoms with van der Waals surface area (Å²) in [7, 11) is 0. The summed E-state index contributed by atoms with van der Waals surface area (Å²) in [5.74, 6) is -3.91. The summed E-state index contributed by atoms with van der Waals surface area (Å²) in [5.41, 5.74) is 0.518. The van der Waals surface area contributed by atoms with Crippen molar-refractivity contribution in [1.82, 2.24) is 0 Å². The first-order valence-corrected chi connectivity index (χ1v) is 7.13. The van der Waals surface area contributed by atoms with Crippen molar-refractivity contribution in [2.45, 2.75) is 25.7 Å². The molecule has 2 N–H and O–H groups in total. The summed E-state index contributed by atoms with van der Waals surface area (Å²) < 4.78 is 4.62. The number of carbonyl (C=O) groups excluding carboxylic acids is 2. The minimum atomic E-state index is -1.26. The zero-order valence-corrected chi connectivity index (χ0v) is 13.9. The molecule has 0 bridgehead atoms. The molecule has 0 fully saturated rings. The van der Waals surface area contributed by atoms with Crippen LogP contribution >= 0.6 is 0 Å². The summed E-state index contributed by atoms with van der Waals surface area (Å²) in [6, 6.07) is 0. The standard InChI is InChI=1S/C14H18O3.C4H4O4/c1-5-7-9-11(3)13(15)17-14(16)12(4)10-8-6-2;5-3(6)1-2-4(7)8/h5-6H,1-4,7-10H2;1-2H,(H,5,6)(H,7,8)/b;2-1-. The molecule has 0 aromatic rings. The van der Waals surface area contributed by atoms with Crippen LogP contribution in [0.1, 0.15) is 25.7 Å². The van der Waals surface area contributed by atoms with Crippen LogP contribution in [-0.4, -0.2) is 34.1 Å². The number of rotatable bonds is 10. The second-order valence-electron chi connectivity index (χ2n) is 4.55. The highest BCUT2D eigenvalue weighted by Crippen LogP contribution is 2.09. The molecule has 25 heavy (non-hydrogen) atoms. The quantitative estimate of drug-likeness (QED) is 0.269. The van der Waals surface area contributed by atoms with Gasteiger partial charge in [-0.15, -0.1) is 13.2 Å². The largest absolute Gasteiger partial charge is 0.478 e. The Labute approximate surface area is 146 Å². The van der Waals surface area contributed by atoms with E-state index in [-0.39, 0.29) is 11.1 Å². The molecule has 136 valence electrons. The summed E-state index contributed by atoms with van der Waals surface area (Å²) in [4.78, 5) is 41.9. The zero-order chi connectivity index (χ0) is 19.8. The highest BCUT2D eigenvalue weighted by Gasteiger charge is 2.15. The summed E-state index contributed by atoms with van der Waals surface area (Å²) in [5, 5.41) is 15.6. The maximum absolute atomic E-state index is 11.4. The maximum atomic E-state index is 11.4. The average molecular weight is 350 g/mol. The Balaban J connectivity index is 0. The van der Waals surface area contributed by atoms with Crippen LogP contribution in [0.3, 0.4) is 0 Å². The molecule has 0 saturated carbocycles. The first-order chi connectivity index (χ1) is 11.6. The van der Waals surface area contributed by atoms with Crippen LogP contribution in [0.4, 0.5) is 0 Å². The topological polar surface area (TPSA) is 118 Å². The smallest absolute Gasteiger partial charge is 0.341 e. The molecule has 0 aliphatic rings. The maximum Gasteiger partial charge on any atom is 0.341 e. The van der Waals surface area contributed by atoms with Crippen molar-refractivity contribution in [2.75, 3.05) is 0 Å². The molecule has 0 atom stereocenters. The van der Waals surface area contributed by atoms with E-state index in [2.05, 4.69) is 31.1 Å². The van der Waals surface area contributed by atoms with E-state index in [9.17, 15) is 19.2 Å². The number of ether oxygens (including phenoxy) is 1. The monoisotopic (exact) mass is 350 g/mol. The van der Waals surface area contributed by atoms with E-state index in [0.717, 1.165) is 0 Å². The van der Waals surface area contributed by atoms with Crippen molar-refractivity contribution in [2.24, 2.45) is 0 Å². The Kier molecular flexibility index (Phi) is 13.8. The lowest BCUT2D eigenvalue weighted by molar-refractivity contribution is -0.154. The van der Waals surface area contributed by atoms with Gasteiger partial charge in [0.25, 0.3) is 0 Å². The Morgan fingerprint density at radius 1 is 0.760 bits per heavy atom. The van der Waals surface area contributed by atoms with E-state index in [1.165, 1.54) is 0 Å². The molecule has 0 rings (SSSR count). The average Bonchev–Trinajstić information content (AvgIpc) is 2.55. The fourth-order valence-corrected chi connectivity index (χ4v) is 1.13. The minimum absolute atomic E-state index is 0.259. The Morgan fingerprint density at radius 2 is 1.08 bits per heavy atom. The van der Waals surface area contributed by atoms with E-state index in [0.29, 0.717) is 37.8 Å². The van der Waals surface area contributed by atoms with Crippen LogP contribution in [0.2, 0.25) is 0 Å². The van der Waals surface area contributed by atoms with Gasteiger partial charge in [0, 0.05) is 23.3 Å². The summed E-state index contributed by atoms with van der Waals surface area (Å²) in [6.07, 6.45) is 6.58. The number of esters is 2. The molecular formula is C18H22O7. The molecule has 0 spiro atoms. The van der Waals surface area contributed by atoms with Crippen LogP contribution in [0, 0.1) is 0 Å². The lowest BCUT2D eigenvalue weighted by Crippen LogP contribution is -2.15. The molecule has 0 heterocycles. The molecule has 0 unspecified atom stereocenters. The van der Waals surface area contributed by atoms with Crippen molar-refractivity contribution in [3.05, 3.63) is 61.8 Å². The summed E-state index contributed by atoms with van der Waals surface area (Å²) >= 11 is 0. The van der Waals surface area contributed by atoms with Crippen LogP contribution in [0.15, 0.2) is 61.8 Å². The van der Waals surface area contributed by atoms with E-state index in [4.69, 9.17) is 10.2 Å². The molecule has 0 aromatic heterocycles. The molecule has 0 aliphatic heterocycles. The van der Waals surface area contributed by atoms with Crippen molar-refractivity contribution in [3.8, 4) is 0 Å². The number of carboxylic acid groups (broad SMARTS) is 2. The van der Waals surface area contributed by atoms with Crippen LogP contribution in [0.5, 0.6) is 0 Å². The number of allylic oxidation sites excluding steroid dienone is 2. The number of carbonyl (C=O) groups is 4. The van der Waals surface area contributed by atoms with Gasteiger partial charge >= 0.3 is 23.9 Å². The number of hydrogen-bond acceptors (Lipinski definition) is 5. The van der Waals surface area contributed by atoms with Gasteiger partial charge in [-0.2, -0.15) is 0 Å². The molecule has 0 radical (unpaired) electrons. The van der Waals surface area contributed by atoms with Gasteiger partial charge in [0.1, 0.15) is 0 Å². The van der Waals surface area contributed by atoms with Gasteiger partial charge in [-0.3, -0.25) is 0 Å². The first kappa shape index (κ1) is 24.0. The van der Waals surface area contributed by atoms with Gasteiger partial charge in [0.2, 0.25) is 0 Å². The third-order valence-corrected chi connectivity index (χ3v) is 2.43. The van der Waals surface area contributed by atoms with Crippen LogP contribution in [-0.2, 0) is 23.9 Å². The lowest BCUT2D eigenvalue weighted by Gasteiger charge is -2.05. The SMILES string of the molecule is C=CCCC(=C)C(=O)OC(=O)C(=C)CCC=C.O=C(O)/C=C\C(=O)O. The van der Waals surface area contributed by atoms with Gasteiger partial charge in [-0.25, -0.2) is 19.2 Å². The molecule has 0 aromatic carbocycles. The normalized spacial score (nSPS) is 9.28. The third kappa shape index (κ3) is 15.4. The van der Waals surface area contributed by atoms with Crippen LogP contribution < -0.4 is 0 Å². The molecule has 0 aliphatic carbocycles. The van der Waals surface area contributed by atoms with E-state index in [1.807, 2.05) is 0 Å². The van der Waals surface area contributed by atoms with Crippen LogP contribution in [0.25, 0.3) is 0 Å². The fourth-order valence-electron chi connectivity index (χ4n) is 1.13. The van der Waals surface area contributed by atoms with Gasteiger partial charge in [-0.1, -0.05) is 25.3 Å². The van der Waals surface area contributed by atoms with Crippen molar-refractivity contribution in [1.29, 1.82) is 0 Å².